The summed E-state index contributed by atoms with van der Waals surface area (Å²) < 4.78 is 0. The summed E-state index contributed by atoms with van der Waals surface area (Å²) in [7, 11) is 0. The Labute approximate surface area is 86.5 Å². The lowest BCUT2D eigenvalue weighted by molar-refractivity contribution is -0.107. The van der Waals surface area contributed by atoms with Crippen molar-refractivity contribution >= 4 is 22.9 Å². The van der Waals surface area contributed by atoms with Crippen molar-refractivity contribution in [2.24, 2.45) is 5.84 Å². The van der Waals surface area contributed by atoms with Gasteiger partial charge >= 0.3 is 0 Å². The molecule has 0 aliphatic carbocycles. The summed E-state index contributed by atoms with van der Waals surface area (Å²) in [5, 5.41) is 12.3. The number of carbonyl (C=O) groups is 1. The van der Waals surface area contributed by atoms with Crippen molar-refractivity contribution in [2.75, 3.05) is 5.01 Å². The Morgan fingerprint density at radius 1 is 1.20 bits per heavy atom. The predicted octanol–water partition coefficient (Wildman–Crippen LogP) is 1.38. The number of hydrogen-bond donors (Lipinski definition) is 2. The summed E-state index contributed by atoms with van der Waals surface area (Å²) in [4.78, 5) is 10.5. The molecule has 2 aromatic carbocycles. The van der Waals surface area contributed by atoms with E-state index in [4.69, 9.17) is 5.84 Å². The third-order valence-corrected chi connectivity index (χ3v) is 2.23. The molecule has 0 saturated carbocycles. The highest BCUT2D eigenvalue weighted by Gasteiger charge is 2.07. The van der Waals surface area contributed by atoms with Crippen LogP contribution >= 0.6 is 0 Å². The van der Waals surface area contributed by atoms with Crippen LogP contribution in [0.15, 0.2) is 36.4 Å². The van der Waals surface area contributed by atoms with Crippen LogP contribution in [0.2, 0.25) is 0 Å². The van der Waals surface area contributed by atoms with Crippen molar-refractivity contribution in [3.8, 4) is 5.75 Å². The van der Waals surface area contributed by atoms with Gasteiger partial charge in [0.05, 0.1) is 0 Å². The first-order valence-electron chi connectivity index (χ1n) is 4.43. The van der Waals surface area contributed by atoms with Gasteiger partial charge < -0.3 is 5.11 Å². The lowest BCUT2D eigenvalue weighted by Crippen LogP contribution is -2.28. The van der Waals surface area contributed by atoms with Gasteiger partial charge in [0.2, 0.25) is 6.41 Å². The highest BCUT2D eigenvalue weighted by molar-refractivity contribution is 5.91. The molecule has 15 heavy (non-hydrogen) atoms. The largest absolute Gasteiger partial charge is 0.506 e. The Balaban J connectivity index is 2.66. The molecule has 0 aromatic heterocycles. The van der Waals surface area contributed by atoms with Crippen LogP contribution < -0.4 is 10.9 Å². The SMILES string of the molecule is NN(C=O)c1cc2ccccc2cc1O. The summed E-state index contributed by atoms with van der Waals surface area (Å²) in [6, 6.07) is 10.8. The molecule has 0 spiro atoms. The molecule has 4 nitrogen and oxygen atoms in total. The number of benzene rings is 2. The summed E-state index contributed by atoms with van der Waals surface area (Å²) in [5.41, 5.74) is 0.295. The van der Waals surface area contributed by atoms with Crippen LogP contribution in [0.4, 0.5) is 5.69 Å². The quantitative estimate of drug-likeness (QED) is 0.334. The molecule has 0 radical (unpaired) electrons. The second kappa shape index (κ2) is 3.59. The molecule has 1 amide bonds. The minimum atomic E-state index is -0.0108. The van der Waals surface area contributed by atoms with E-state index in [2.05, 4.69) is 0 Å². The second-order valence-corrected chi connectivity index (χ2v) is 3.20. The normalized spacial score (nSPS) is 10.2. The van der Waals surface area contributed by atoms with Crippen LogP contribution in [0.5, 0.6) is 5.75 Å². The Morgan fingerprint density at radius 2 is 1.80 bits per heavy atom. The number of fused-ring (bicyclic) bond motifs is 1. The smallest absolute Gasteiger partial charge is 0.228 e. The highest BCUT2D eigenvalue weighted by Crippen LogP contribution is 2.30. The fraction of sp³-hybridized carbons (Fsp3) is 0. The standard InChI is InChI=1S/C11H10N2O2/c12-13(7-14)10-5-8-3-1-2-4-9(8)6-11(10)15/h1-7,15H,12H2. The van der Waals surface area contributed by atoms with Gasteiger partial charge in [0.1, 0.15) is 11.4 Å². The van der Waals surface area contributed by atoms with Gasteiger partial charge in [-0.15, -0.1) is 0 Å². The molecule has 0 atom stereocenters. The van der Waals surface area contributed by atoms with Gasteiger partial charge in [0, 0.05) is 0 Å². The van der Waals surface area contributed by atoms with Crippen molar-refractivity contribution in [2.45, 2.75) is 0 Å². The minimum absolute atomic E-state index is 0.0108. The number of carbonyl (C=O) groups excluding carboxylic acids is 1. The van der Waals surface area contributed by atoms with Crippen LogP contribution in [-0.4, -0.2) is 11.5 Å². The molecular weight excluding hydrogens is 192 g/mol. The second-order valence-electron chi connectivity index (χ2n) is 3.20. The van der Waals surface area contributed by atoms with Crippen molar-refractivity contribution < 1.29 is 9.90 Å². The van der Waals surface area contributed by atoms with E-state index in [1.165, 1.54) is 0 Å². The summed E-state index contributed by atoms with van der Waals surface area (Å²) >= 11 is 0. The number of phenolic OH excluding ortho intramolecular Hbond substituents is 1. The molecule has 3 N–H and O–H groups in total. The zero-order valence-electron chi connectivity index (χ0n) is 7.92. The molecule has 4 heteroatoms. The van der Waals surface area contributed by atoms with E-state index in [0.717, 1.165) is 15.8 Å². The third-order valence-electron chi connectivity index (χ3n) is 2.23. The zero-order chi connectivity index (χ0) is 10.8. The van der Waals surface area contributed by atoms with Gasteiger partial charge in [-0.2, -0.15) is 0 Å². The van der Waals surface area contributed by atoms with Gasteiger partial charge in [-0.05, 0) is 22.9 Å². The molecule has 0 heterocycles. The molecule has 0 aliphatic rings. The van der Waals surface area contributed by atoms with Crippen molar-refractivity contribution in [1.82, 2.24) is 0 Å². The Kier molecular flexibility index (Phi) is 2.27. The number of phenols is 1. The van der Waals surface area contributed by atoms with Gasteiger partial charge in [-0.1, -0.05) is 24.3 Å². The van der Waals surface area contributed by atoms with Gasteiger partial charge in [-0.25, -0.2) is 10.9 Å². The maximum Gasteiger partial charge on any atom is 0.228 e. The highest BCUT2D eigenvalue weighted by atomic mass is 16.3. The fourth-order valence-electron chi connectivity index (χ4n) is 1.48. The molecular formula is C11H10N2O2. The average molecular weight is 202 g/mol. The summed E-state index contributed by atoms with van der Waals surface area (Å²) in [6.07, 6.45) is 0.448. The Bertz CT molecular complexity index is 511. The number of rotatable bonds is 2. The topological polar surface area (TPSA) is 66.6 Å². The molecule has 0 fully saturated rings. The van der Waals surface area contributed by atoms with E-state index >= 15 is 0 Å². The predicted molar refractivity (Wildman–Crippen MR) is 58.3 cm³/mol. The number of hydrazine groups is 1. The minimum Gasteiger partial charge on any atom is -0.506 e. The van der Waals surface area contributed by atoms with Crippen LogP contribution in [0, 0.1) is 0 Å². The van der Waals surface area contributed by atoms with E-state index in [-0.39, 0.29) is 5.75 Å². The lowest BCUT2D eigenvalue weighted by atomic mass is 10.1. The molecule has 2 rings (SSSR count). The third kappa shape index (κ3) is 1.62. The maximum absolute atomic E-state index is 10.5. The van der Waals surface area contributed by atoms with Crippen LogP contribution in [0.1, 0.15) is 0 Å². The number of hydrogen-bond acceptors (Lipinski definition) is 3. The molecule has 76 valence electrons. The molecule has 0 saturated heterocycles. The van der Waals surface area contributed by atoms with Gasteiger partial charge in [0.25, 0.3) is 0 Å². The first-order valence-corrected chi connectivity index (χ1v) is 4.43. The number of anilines is 1. The zero-order valence-corrected chi connectivity index (χ0v) is 7.92. The van der Waals surface area contributed by atoms with E-state index in [9.17, 15) is 9.90 Å². The maximum atomic E-state index is 10.5. The summed E-state index contributed by atoms with van der Waals surface area (Å²) in [6.45, 7) is 0. The Hall–Kier alpha value is -2.07. The number of aromatic hydroxyl groups is 1. The molecule has 0 unspecified atom stereocenters. The van der Waals surface area contributed by atoms with Crippen LogP contribution in [0.3, 0.4) is 0 Å². The molecule has 2 aromatic rings. The van der Waals surface area contributed by atoms with Crippen LogP contribution in [-0.2, 0) is 4.79 Å². The fourth-order valence-corrected chi connectivity index (χ4v) is 1.48. The van der Waals surface area contributed by atoms with Gasteiger partial charge in [-0.3, -0.25) is 4.79 Å². The van der Waals surface area contributed by atoms with Gasteiger partial charge in [0.15, 0.2) is 0 Å². The monoisotopic (exact) mass is 202 g/mol. The summed E-state index contributed by atoms with van der Waals surface area (Å²) in [5.74, 6) is 5.38. The average Bonchev–Trinajstić information content (AvgIpc) is 2.27. The van der Waals surface area contributed by atoms with Crippen molar-refractivity contribution in [3.05, 3.63) is 36.4 Å². The van der Waals surface area contributed by atoms with E-state index in [1.54, 1.807) is 12.1 Å². The first kappa shape index (κ1) is 9.48. The number of nitrogens with zero attached hydrogens (tertiary/aromatic N) is 1. The van der Waals surface area contributed by atoms with Crippen LogP contribution in [0.25, 0.3) is 10.8 Å². The first-order chi connectivity index (χ1) is 7.22. The van der Waals surface area contributed by atoms with Crippen molar-refractivity contribution in [3.63, 3.8) is 0 Å². The number of nitrogens with two attached hydrogens (primary N) is 1. The van der Waals surface area contributed by atoms with E-state index in [1.807, 2.05) is 24.3 Å². The van der Waals surface area contributed by atoms with Crippen molar-refractivity contribution in [1.29, 1.82) is 0 Å². The Morgan fingerprint density at radius 3 is 2.40 bits per heavy atom. The van der Waals surface area contributed by atoms with E-state index in [0.29, 0.717) is 12.1 Å². The number of amides is 1. The molecule has 0 aliphatic heterocycles. The lowest BCUT2D eigenvalue weighted by Gasteiger charge is -2.12. The molecule has 0 bridgehead atoms. The van der Waals surface area contributed by atoms with E-state index < -0.39 is 0 Å².